The van der Waals surface area contributed by atoms with Gasteiger partial charge in [0.15, 0.2) is 0 Å². The third-order valence-electron chi connectivity index (χ3n) is 2.40. The predicted octanol–water partition coefficient (Wildman–Crippen LogP) is 3.26. The molecule has 2 unspecified atom stereocenters. The Morgan fingerprint density at radius 1 is 1.47 bits per heavy atom. The molecule has 0 aliphatic carbocycles. The molecule has 1 aromatic rings. The van der Waals surface area contributed by atoms with E-state index in [1.807, 2.05) is 25.1 Å². The highest BCUT2D eigenvalue weighted by molar-refractivity contribution is 9.10. The molecule has 1 N–H and O–H groups in total. The maximum Gasteiger partial charge on any atom is 0.238 e. The topological polar surface area (TPSA) is 38.3 Å². The quantitative estimate of drug-likeness (QED) is 0.865. The fraction of sp³-hybridized carbons (Fsp3) is 0.417. The van der Waals surface area contributed by atoms with Crippen LogP contribution in [0.4, 0.5) is 0 Å². The summed E-state index contributed by atoms with van der Waals surface area (Å²) >= 11 is 9.10. The molecule has 0 heterocycles. The first-order valence-electron chi connectivity index (χ1n) is 5.23. The molecule has 0 saturated carbocycles. The predicted molar refractivity (Wildman–Crippen MR) is 72.6 cm³/mol. The highest BCUT2D eigenvalue weighted by atomic mass is 79.9. The molecule has 1 amide bonds. The Balaban J connectivity index is 2.79. The Morgan fingerprint density at radius 3 is 2.59 bits per heavy atom. The third kappa shape index (κ3) is 3.89. The zero-order valence-corrected chi connectivity index (χ0v) is 12.3. The molecule has 3 nitrogen and oxygen atoms in total. The van der Waals surface area contributed by atoms with Gasteiger partial charge in [0.2, 0.25) is 5.91 Å². The Hall–Kier alpha value is -0.740. The van der Waals surface area contributed by atoms with Crippen molar-refractivity contribution in [2.24, 2.45) is 0 Å². The standard InChI is InChI=1S/C12H15BrClNO2/c1-7(14)12(16)15-8(2)9-4-5-11(17-3)10(13)6-9/h4-8H,1-3H3,(H,15,16). The summed E-state index contributed by atoms with van der Waals surface area (Å²) in [5.74, 6) is 0.587. The number of ether oxygens (including phenoxy) is 1. The average molecular weight is 321 g/mol. The molecule has 5 heteroatoms. The smallest absolute Gasteiger partial charge is 0.238 e. The Bertz CT molecular complexity index is 409. The van der Waals surface area contributed by atoms with Crippen LogP contribution in [0.3, 0.4) is 0 Å². The van der Waals surface area contributed by atoms with E-state index in [1.54, 1.807) is 14.0 Å². The molecule has 0 aliphatic heterocycles. The van der Waals surface area contributed by atoms with Crippen LogP contribution in [0, 0.1) is 0 Å². The molecule has 0 radical (unpaired) electrons. The lowest BCUT2D eigenvalue weighted by atomic mass is 10.1. The first-order chi connectivity index (χ1) is 7.95. The van der Waals surface area contributed by atoms with Gasteiger partial charge in [-0.1, -0.05) is 6.07 Å². The lowest BCUT2D eigenvalue weighted by Crippen LogP contribution is -2.31. The number of amides is 1. The van der Waals surface area contributed by atoms with E-state index in [9.17, 15) is 4.79 Å². The summed E-state index contributed by atoms with van der Waals surface area (Å²) in [5, 5.41) is 2.30. The van der Waals surface area contributed by atoms with Crippen molar-refractivity contribution in [2.75, 3.05) is 7.11 Å². The van der Waals surface area contributed by atoms with Crippen molar-refractivity contribution in [3.05, 3.63) is 28.2 Å². The number of alkyl halides is 1. The minimum atomic E-state index is -0.529. The molecular weight excluding hydrogens is 305 g/mol. The van der Waals surface area contributed by atoms with Crippen molar-refractivity contribution < 1.29 is 9.53 Å². The molecule has 94 valence electrons. The average Bonchev–Trinajstić information content (AvgIpc) is 2.28. The number of hydrogen-bond acceptors (Lipinski definition) is 2. The molecule has 17 heavy (non-hydrogen) atoms. The normalized spacial score (nSPS) is 13.9. The van der Waals surface area contributed by atoms with Crippen molar-refractivity contribution >= 4 is 33.4 Å². The van der Waals surface area contributed by atoms with Crippen molar-refractivity contribution in [2.45, 2.75) is 25.3 Å². The van der Waals surface area contributed by atoms with Crippen LogP contribution in [-0.2, 0) is 4.79 Å². The van der Waals surface area contributed by atoms with Gasteiger partial charge in [0.25, 0.3) is 0 Å². The Morgan fingerprint density at radius 2 is 2.12 bits per heavy atom. The van der Waals surface area contributed by atoms with Gasteiger partial charge in [0.05, 0.1) is 17.6 Å². The van der Waals surface area contributed by atoms with Crippen LogP contribution >= 0.6 is 27.5 Å². The van der Waals surface area contributed by atoms with Gasteiger partial charge < -0.3 is 10.1 Å². The minimum absolute atomic E-state index is 0.0918. The number of halogens is 2. The molecular formula is C12H15BrClNO2. The highest BCUT2D eigenvalue weighted by Crippen LogP contribution is 2.27. The van der Waals surface area contributed by atoms with E-state index < -0.39 is 5.38 Å². The lowest BCUT2D eigenvalue weighted by Gasteiger charge is -2.16. The van der Waals surface area contributed by atoms with Gasteiger partial charge in [-0.2, -0.15) is 0 Å². The van der Waals surface area contributed by atoms with Crippen molar-refractivity contribution in [1.82, 2.24) is 5.32 Å². The van der Waals surface area contributed by atoms with Gasteiger partial charge in [-0.25, -0.2) is 0 Å². The lowest BCUT2D eigenvalue weighted by molar-refractivity contribution is -0.121. The van der Waals surface area contributed by atoms with Gasteiger partial charge in [0.1, 0.15) is 11.1 Å². The maximum absolute atomic E-state index is 11.5. The van der Waals surface area contributed by atoms with E-state index in [-0.39, 0.29) is 11.9 Å². The third-order valence-corrected chi connectivity index (χ3v) is 3.21. The van der Waals surface area contributed by atoms with Crippen LogP contribution in [0.2, 0.25) is 0 Å². The van der Waals surface area contributed by atoms with E-state index in [2.05, 4.69) is 21.2 Å². The second kappa shape index (κ2) is 6.26. The Kier molecular flexibility index (Phi) is 5.28. The van der Waals surface area contributed by atoms with Crippen LogP contribution in [0.5, 0.6) is 5.75 Å². The van der Waals surface area contributed by atoms with Gasteiger partial charge in [-0.3, -0.25) is 4.79 Å². The maximum atomic E-state index is 11.5. The van der Waals surface area contributed by atoms with Gasteiger partial charge in [-0.15, -0.1) is 11.6 Å². The van der Waals surface area contributed by atoms with Crippen LogP contribution in [-0.4, -0.2) is 18.4 Å². The SMILES string of the molecule is COc1ccc(C(C)NC(=O)C(C)Cl)cc1Br. The van der Waals surface area contributed by atoms with Crippen molar-refractivity contribution in [3.8, 4) is 5.75 Å². The van der Waals surface area contributed by atoms with Crippen LogP contribution in [0.1, 0.15) is 25.5 Å². The first-order valence-corrected chi connectivity index (χ1v) is 6.46. The number of hydrogen-bond donors (Lipinski definition) is 1. The second-order valence-electron chi connectivity index (χ2n) is 3.74. The Labute approximate surface area is 115 Å². The second-order valence-corrected chi connectivity index (χ2v) is 5.25. The number of nitrogens with one attached hydrogen (secondary N) is 1. The molecule has 0 fully saturated rings. The van der Waals surface area contributed by atoms with Gasteiger partial charge in [0, 0.05) is 0 Å². The van der Waals surface area contributed by atoms with Gasteiger partial charge >= 0.3 is 0 Å². The molecule has 0 aliphatic rings. The summed E-state index contributed by atoms with van der Waals surface area (Å²) in [5.41, 5.74) is 0.989. The monoisotopic (exact) mass is 319 g/mol. The van der Waals surface area contributed by atoms with E-state index in [0.717, 1.165) is 15.8 Å². The van der Waals surface area contributed by atoms with E-state index >= 15 is 0 Å². The number of methoxy groups -OCH3 is 1. The zero-order chi connectivity index (χ0) is 13.0. The fourth-order valence-electron chi connectivity index (χ4n) is 1.36. The van der Waals surface area contributed by atoms with E-state index in [0.29, 0.717) is 0 Å². The van der Waals surface area contributed by atoms with Crippen molar-refractivity contribution in [1.29, 1.82) is 0 Å². The molecule has 0 bridgehead atoms. The van der Waals surface area contributed by atoms with Crippen molar-refractivity contribution in [3.63, 3.8) is 0 Å². The number of benzene rings is 1. The molecule has 0 aromatic heterocycles. The number of rotatable bonds is 4. The molecule has 2 atom stereocenters. The molecule has 0 saturated heterocycles. The van der Waals surface area contributed by atoms with E-state index in [1.165, 1.54) is 0 Å². The molecule has 1 aromatic carbocycles. The summed E-state index contributed by atoms with van der Waals surface area (Å²) in [6, 6.07) is 5.59. The minimum Gasteiger partial charge on any atom is -0.496 e. The highest BCUT2D eigenvalue weighted by Gasteiger charge is 2.14. The fourth-order valence-corrected chi connectivity index (χ4v) is 1.98. The van der Waals surface area contributed by atoms with Crippen LogP contribution in [0.25, 0.3) is 0 Å². The van der Waals surface area contributed by atoms with Crippen LogP contribution in [0.15, 0.2) is 22.7 Å². The number of carbonyl (C=O) groups excluding carboxylic acids is 1. The first kappa shape index (κ1) is 14.3. The largest absolute Gasteiger partial charge is 0.496 e. The summed E-state index contributed by atoms with van der Waals surface area (Å²) in [6.07, 6.45) is 0. The van der Waals surface area contributed by atoms with Crippen LogP contribution < -0.4 is 10.1 Å². The van der Waals surface area contributed by atoms with Gasteiger partial charge in [-0.05, 0) is 47.5 Å². The molecule has 1 rings (SSSR count). The number of carbonyl (C=O) groups is 1. The summed E-state index contributed by atoms with van der Waals surface area (Å²) < 4.78 is 6.00. The summed E-state index contributed by atoms with van der Waals surface area (Å²) in [7, 11) is 1.61. The summed E-state index contributed by atoms with van der Waals surface area (Å²) in [4.78, 5) is 11.5. The molecule has 0 spiro atoms. The van der Waals surface area contributed by atoms with E-state index in [4.69, 9.17) is 16.3 Å². The summed E-state index contributed by atoms with van der Waals surface area (Å²) in [6.45, 7) is 3.55. The zero-order valence-electron chi connectivity index (χ0n) is 9.96.